The minimum Gasteiger partial charge on any atom is -0.380 e. The van der Waals surface area contributed by atoms with Crippen LogP contribution in [0, 0.1) is 10.8 Å². The predicted octanol–water partition coefficient (Wildman–Crippen LogP) is 4.52. The predicted molar refractivity (Wildman–Crippen MR) is 148 cm³/mol. The van der Waals surface area contributed by atoms with E-state index >= 15 is 0 Å². The Morgan fingerprint density at radius 2 is 1.69 bits per heavy atom. The molecule has 8 nitrogen and oxygen atoms in total. The molecule has 4 fully saturated rings. The average Bonchev–Trinajstić information content (AvgIpc) is 3.44. The lowest BCUT2D eigenvalue weighted by molar-refractivity contribution is -0.134. The summed E-state index contributed by atoms with van der Waals surface area (Å²) >= 11 is 0. The maximum absolute atomic E-state index is 12.5. The van der Waals surface area contributed by atoms with Crippen molar-refractivity contribution in [2.45, 2.75) is 76.2 Å². The van der Waals surface area contributed by atoms with Crippen molar-refractivity contribution in [2.75, 3.05) is 20.1 Å². The number of aliphatic hydroxyl groups is 1. The first-order valence-corrected chi connectivity index (χ1v) is 14.1. The van der Waals surface area contributed by atoms with Gasteiger partial charge in [-0.05, 0) is 68.7 Å². The van der Waals surface area contributed by atoms with Crippen LogP contribution in [0.25, 0.3) is 11.4 Å². The van der Waals surface area contributed by atoms with E-state index in [0.29, 0.717) is 23.2 Å². The molecule has 7 rings (SSSR count). The number of carbonyl (C=O) groups excluding carboxylic acids is 1. The van der Waals surface area contributed by atoms with Crippen LogP contribution in [0.15, 0.2) is 47.2 Å². The maximum Gasteiger partial charge on any atom is 0.233 e. The molecule has 1 aliphatic heterocycles. The van der Waals surface area contributed by atoms with Gasteiger partial charge in [0.2, 0.25) is 17.6 Å². The van der Waals surface area contributed by atoms with E-state index in [4.69, 9.17) is 15.2 Å². The van der Waals surface area contributed by atoms with E-state index in [1.165, 1.54) is 5.56 Å². The molecule has 2 aromatic heterocycles. The number of amides is 1. The van der Waals surface area contributed by atoms with Gasteiger partial charge in [-0.1, -0.05) is 50.2 Å². The summed E-state index contributed by atoms with van der Waals surface area (Å²) < 4.78 is 5.86. The summed E-state index contributed by atoms with van der Waals surface area (Å²) in [6.45, 7) is 8.01. The first-order chi connectivity index (χ1) is 18.5. The fraction of sp³-hybridized carbons (Fsp3) is 0.548. The molecule has 1 unspecified atom stereocenters. The van der Waals surface area contributed by atoms with Gasteiger partial charge in [0.1, 0.15) is 5.60 Å². The quantitative estimate of drug-likeness (QED) is 0.462. The average molecular weight is 530 g/mol. The number of aromatic nitrogens is 3. The van der Waals surface area contributed by atoms with Crippen molar-refractivity contribution in [1.29, 1.82) is 0 Å². The lowest BCUT2D eigenvalue weighted by atomic mass is 9.53. The summed E-state index contributed by atoms with van der Waals surface area (Å²) in [6.07, 6.45) is 8.28. The molecule has 3 aromatic rings. The van der Waals surface area contributed by atoms with E-state index in [1.54, 1.807) is 12.4 Å². The van der Waals surface area contributed by atoms with Crippen LogP contribution in [0.5, 0.6) is 0 Å². The van der Waals surface area contributed by atoms with Gasteiger partial charge < -0.3 is 20.3 Å². The van der Waals surface area contributed by atoms with Crippen molar-refractivity contribution in [1.82, 2.24) is 20.0 Å². The number of hydrogen-bond acceptors (Lipinski definition) is 7. The second-order valence-corrected chi connectivity index (χ2v) is 13.0. The van der Waals surface area contributed by atoms with Gasteiger partial charge in [-0.2, -0.15) is 4.98 Å². The van der Waals surface area contributed by atoms with Crippen LogP contribution in [0.1, 0.15) is 87.8 Å². The third-order valence-corrected chi connectivity index (χ3v) is 10.2. The molecule has 0 radical (unpaired) electrons. The Morgan fingerprint density at radius 1 is 1.05 bits per heavy atom. The molecule has 8 heteroatoms. The van der Waals surface area contributed by atoms with Crippen molar-refractivity contribution in [3.63, 3.8) is 0 Å². The second-order valence-electron chi connectivity index (χ2n) is 13.0. The zero-order chi connectivity index (χ0) is 27.6. The van der Waals surface area contributed by atoms with Gasteiger partial charge in [-0.15, -0.1) is 0 Å². The number of benzene rings is 1. The Morgan fingerprint density at radius 3 is 2.26 bits per heavy atom. The summed E-state index contributed by atoms with van der Waals surface area (Å²) in [4.78, 5) is 23.7. The van der Waals surface area contributed by atoms with E-state index < -0.39 is 5.60 Å². The monoisotopic (exact) mass is 529 g/mol. The van der Waals surface area contributed by atoms with Crippen LogP contribution < -0.4 is 5.73 Å². The minimum atomic E-state index is -1.24. The summed E-state index contributed by atoms with van der Waals surface area (Å²) in [5.74, 6) is 1.34. The number of likely N-dealkylation sites (tertiary alicyclic amines) is 1. The number of nitrogens with two attached hydrogens (primary N) is 1. The van der Waals surface area contributed by atoms with Crippen molar-refractivity contribution in [3.05, 3.63) is 65.3 Å². The highest BCUT2D eigenvalue weighted by atomic mass is 16.5. The Labute approximate surface area is 230 Å². The Balaban J connectivity index is 1.34. The number of primary amides is 1. The standard InChI is InChI=1S/C31H39N5O3/c1-20(2)21-5-7-23(8-6-21)31(38,28(3)18-36(4)19-28)24-15-22(16-33-17-24)25-34-27(39-35-25)30-12-9-29(10-13-30,11-14-30)26(32)37/h5-8,15-17,20,38H,9-14,18-19H2,1-4H3,(H2,32,37). The molecule has 3 N–H and O–H groups in total. The number of rotatable bonds is 7. The largest absolute Gasteiger partial charge is 0.380 e. The summed E-state index contributed by atoms with van der Waals surface area (Å²) in [6, 6.07) is 10.3. The van der Waals surface area contributed by atoms with Gasteiger partial charge in [-0.3, -0.25) is 9.78 Å². The summed E-state index contributed by atoms with van der Waals surface area (Å²) in [5.41, 5.74) is 7.07. The van der Waals surface area contributed by atoms with Crippen LogP contribution in [-0.2, 0) is 15.8 Å². The van der Waals surface area contributed by atoms with Crippen molar-refractivity contribution in [2.24, 2.45) is 16.6 Å². The number of pyridine rings is 1. The highest BCUT2D eigenvalue weighted by Gasteiger charge is 2.56. The van der Waals surface area contributed by atoms with Crippen LogP contribution in [-0.4, -0.2) is 51.2 Å². The topological polar surface area (TPSA) is 118 Å². The Kier molecular flexibility index (Phi) is 6.01. The zero-order valence-corrected chi connectivity index (χ0v) is 23.4. The lowest BCUT2D eigenvalue weighted by Gasteiger charge is -2.55. The van der Waals surface area contributed by atoms with Gasteiger partial charge in [0.15, 0.2) is 0 Å². The van der Waals surface area contributed by atoms with Crippen LogP contribution in [0.2, 0.25) is 0 Å². The van der Waals surface area contributed by atoms with Gasteiger partial charge in [0.05, 0.1) is 0 Å². The highest BCUT2D eigenvalue weighted by molar-refractivity contribution is 5.81. The number of nitrogens with zero attached hydrogens (tertiary/aromatic N) is 4. The molecular weight excluding hydrogens is 490 g/mol. The fourth-order valence-corrected chi connectivity index (χ4v) is 7.54. The maximum atomic E-state index is 12.5. The molecule has 3 heterocycles. The Bertz CT molecular complexity index is 1370. The minimum absolute atomic E-state index is 0.178. The first-order valence-electron chi connectivity index (χ1n) is 14.1. The van der Waals surface area contributed by atoms with E-state index in [0.717, 1.165) is 62.7 Å². The molecule has 1 saturated heterocycles. The third kappa shape index (κ3) is 3.94. The van der Waals surface area contributed by atoms with Gasteiger partial charge >= 0.3 is 0 Å². The molecular formula is C31H39N5O3. The lowest BCUT2D eigenvalue weighted by Crippen LogP contribution is -2.63. The molecule has 39 heavy (non-hydrogen) atoms. The Hall–Kier alpha value is -3.10. The normalized spacial score (nSPS) is 27.7. The summed E-state index contributed by atoms with van der Waals surface area (Å²) in [5, 5.41) is 16.9. The number of hydrogen-bond donors (Lipinski definition) is 2. The van der Waals surface area contributed by atoms with Gasteiger partial charge in [0.25, 0.3) is 0 Å². The molecule has 3 saturated carbocycles. The molecule has 3 aliphatic carbocycles. The van der Waals surface area contributed by atoms with E-state index in [-0.39, 0.29) is 22.2 Å². The van der Waals surface area contributed by atoms with Gasteiger partial charge in [-0.25, -0.2) is 0 Å². The SMILES string of the molecule is CC(C)c1ccc(C(O)(c2cncc(-c3noc(C45CCC(C(N)=O)(CC4)CC5)n3)c2)C2(C)CN(C)C2)cc1. The third-order valence-electron chi connectivity index (χ3n) is 10.2. The molecule has 1 aromatic carbocycles. The molecule has 0 spiro atoms. The van der Waals surface area contributed by atoms with E-state index in [9.17, 15) is 9.90 Å². The first kappa shape index (κ1) is 26.1. The smallest absolute Gasteiger partial charge is 0.233 e. The van der Waals surface area contributed by atoms with Crippen LogP contribution in [0.4, 0.5) is 0 Å². The number of carbonyl (C=O) groups is 1. The molecule has 206 valence electrons. The number of fused-ring (bicyclic) bond motifs is 3. The second kappa shape index (κ2) is 8.96. The van der Waals surface area contributed by atoms with Crippen LogP contribution >= 0.6 is 0 Å². The zero-order valence-electron chi connectivity index (χ0n) is 23.4. The van der Waals surface area contributed by atoms with E-state index in [1.807, 2.05) is 6.07 Å². The molecule has 2 bridgehead atoms. The molecule has 4 aliphatic rings. The van der Waals surface area contributed by atoms with Crippen LogP contribution in [0.3, 0.4) is 0 Å². The fourth-order valence-electron chi connectivity index (χ4n) is 7.54. The van der Waals surface area contributed by atoms with E-state index in [2.05, 4.69) is 67.1 Å². The van der Waals surface area contributed by atoms with Crippen molar-refractivity contribution in [3.8, 4) is 11.4 Å². The summed E-state index contributed by atoms with van der Waals surface area (Å²) in [7, 11) is 2.07. The highest BCUT2D eigenvalue weighted by Crippen LogP contribution is 2.57. The molecule has 1 amide bonds. The molecule has 1 atom stereocenters. The van der Waals surface area contributed by atoms with Crippen molar-refractivity contribution >= 4 is 5.91 Å². The van der Waals surface area contributed by atoms with Crippen molar-refractivity contribution < 1.29 is 14.4 Å². The van der Waals surface area contributed by atoms with Gasteiger partial charge in [0, 0.05) is 52.9 Å².